The standard InChI is InChI=1S/C10H11NO3S2/c1-8-2-4-9(5-3-8)16(12,13)11-6-7-14-10(11)15/h2-5H,6-7H2,1H3. The molecule has 1 aromatic rings. The number of rotatable bonds is 2. The maximum atomic E-state index is 12.1. The Morgan fingerprint density at radius 1 is 1.31 bits per heavy atom. The van der Waals surface area contributed by atoms with Gasteiger partial charge in [0, 0.05) is 0 Å². The number of hydrogen-bond acceptors (Lipinski definition) is 4. The van der Waals surface area contributed by atoms with Crippen molar-refractivity contribution in [1.82, 2.24) is 4.31 Å². The largest absolute Gasteiger partial charge is 0.468 e. The third kappa shape index (κ3) is 1.90. The van der Waals surface area contributed by atoms with Gasteiger partial charge in [-0.25, -0.2) is 12.7 Å². The molecule has 2 rings (SSSR count). The number of thiocarbonyl (C=S) groups is 1. The fourth-order valence-electron chi connectivity index (χ4n) is 1.43. The van der Waals surface area contributed by atoms with E-state index in [0.29, 0.717) is 6.61 Å². The van der Waals surface area contributed by atoms with Gasteiger partial charge in [0.2, 0.25) is 0 Å². The van der Waals surface area contributed by atoms with E-state index in [2.05, 4.69) is 0 Å². The second kappa shape index (κ2) is 4.03. The van der Waals surface area contributed by atoms with Crippen molar-refractivity contribution in [3.8, 4) is 0 Å². The van der Waals surface area contributed by atoms with Crippen molar-refractivity contribution < 1.29 is 13.2 Å². The Labute approximate surface area is 99.9 Å². The number of aryl methyl sites for hydroxylation is 1. The monoisotopic (exact) mass is 257 g/mol. The van der Waals surface area contributed by atoms with Gasteiger partial charge < -0.3 is 4.74 Å². The van der Waals surface area contributed by atoms with E-state index in [9.17, 15) is 8.42 Å². The molecule has 0 saturated carbocycles. The Kier molecular flexibility index (Phi) is 2.86. The molecule has 16 heavy (non-hydrogen) atoms. The molecule has 1 aliphatic rings. The summed E-state index contributed by atoms with van der Waals surface area (Å²) in [7, 11) is -3.54. The summed E-state index contributed by atoms with van der Waals surface area (Å²) in [5.74, 6) is 0. The number of benzene rings is 1. The van der Waals surface area contributed by atoms with E-state index in [-0.39, 0.29) is 16.6 Å². The first-order valence-corrected chi connectivity index (χ1v) is 6.63. The Hall–Kier alpha value is -1.14. The molecule has 0 aromatic heterocycles. The molecular weight excluding hydrogens is 246 g/mol. The zero-order chi connectivity index (χ0) is 11.8. The molecule has 0 amide bonds. The van der Waals surface area contributed by atoms with Gasteiger partial charge in [-0.05, 0) is 31.3 Å². The number of hydrogen-bond donors (Lipinski definition) is 0. The van der Waals surface area contributed by atoms with Crippen LogP contribution in [0.25, 0.3) is 0 Å². The molecule has 86 valence electrons. The molecule has 1 aliphatic heterocycles. The lowest BCUT2D eigenvalue weighted by Gasteiger charge is -2.15. The highest BCUT2D eigenvalue weighted by atomic mass is 32.2. The SMILES string of the molecule is Cc1ccc(S(=O)(=O)N2CCOC2=S)cc1. The molecular formula is C10H11NO3S2. The molecule has 1 saturated heterocycles. The average molecular weight is 257 g/mol. The number of sulfonamides is 1. The summed E-state index contributed by atoms with van der Waals surface area (Å²) in [5.41, 5.74) is 1.01. The Morgan fingerprint density at radius 2 is 1.94 bits per heavy atom. The van der Waals surface area contributed by atoms with Gasteiger partial charge >= 0.3 is 0 Å². The van der Waals surface area contributed by atoms with Gasteiger partial charge in [0.15, 0.2) is 0 Å². The van der Waals surface area contributed by atoms with Crippen molar-refractivity contribution in [2.45, 2.75) is 11.8 Å². The summed E-state index contributed by atoms with van der Waals surface area (Å²) in [6, 6.07) is 6.66. The molecule has 1 aromatic carbocycles. The van der Waals surface area contributed by atoms with Crippen LogP contribution in [0.15, 0.2) is 29.2 Å². The van der Waals surface area contributed by atoms with Crippen molar-refractivity contribution in [3.05, 3.63) is 29.8 Å². The van der Waals surface area contributed by atoms with Crippen molar-refractivity contribution in [2.75, 3.05) is 13.2 Å². The van der Waals surface area contributed by atoms with Crippen LogP contribution < -0.4 is 0 Å². The van der Waals surface area contributed by atoms with E-state index >= 15 is 0 Å². The second-order valence-electron chi connectivity index (χ2n) is 3.50. The van der Waals surface area contributed by atoms with Crippen LogP contribution in [0.4, 0.5) is 0 Å². The highest BCUT2D eigenvalue weighted by Gasteiger charge is 2.31. The van der Waals surface area contributed by atoms with Crippen LogP contribution in [0.5, 0.6) is 0 Å². The Balaban J connectivity index is 2.39. The summed E-state index contributed by atoms with van der Waals surface area (Å²) < 4.78 is 30.3. The quantitative estimate of drug-likeness (QED) is 0.749. The Morgan fingerprint density at radius 3 is 2.44 bits per heavy atom. The smallest absolute Gasteiger partial charge is 0.273 e. The first-order valence-electron chi connectivity index (χ1n) is 4.78. The maximum absolute atomic E-state index is 12.1. The third-order valence-electron chi connectivity index (χ3n) is 2.33. The van der Waals surface area contributed by atoms with Crippen LogP contribution in [0, 0.1) is 6.92 Å². The average Bonchev–Trinajstić information content (AvgIpc) is 2.66. The highest BCUT2D eigenvalue weighted by Crippen LogP contribution is 2.19. The van der Waals surface area contributed by atoms with Crippen molar-refractivity contribution >= 4 is 27.4 Å². The Bertz CT molecular complexity index is 507. The van der Waals surface area contributed by atoms with Gasteiger partial charge in [0.1, 0.15) is 6.61 Å². The molecule has 0 atom stereocenters. The molecule has 0 radical (unpaired) electrons. The summed E-state index contributed by atoms with van der Waals surface area (Å²) in [6.45, 7) is 2.51. The highest BCUT2D eigenvalue weighted by molar-refractivity contribution is 7.91. The maximum Gasteiger partial charge on any atom is 0.273 e. The van der Waals surface area contributed by atoms with Gasteiger partial charge in [0.25, 0.3) is 15.2 Å². The molecule has 1 fully saturated rings. The predicted octanol–water partition coefficient (Wildman–Crippen LogP) is 1.30. The number of nitrogens with zero attached hydrogens (tertiary/aromatic N) is 1. The molecule has 6 heteroatoms. The number of ether oxygens (including phenoxy) is 1. The van der Waals surface area contributed by atoms with Gasteiger partial charge in [0.05, 0.1) is 11.4 Å². The molecule has 0 bridgehead atoms. The minimum Gasteiger partial charge on any atom is -0.468 e. The van der Waals surface area contributed by atoms with Gasteiger partial charge in [-0.15, -0.1) is 0 Å². The van der Waals surface area contributed by atoms with E-state index in [1.165, 1.54) is 0 Å². The van der Waals surface area contributed by atoms with Crippen LogP contribution in [-0.4, -0.2) is 31.0 Å². The lowest BCUT2D eigenvalue weighted by Crippen LogP contribution is -2.31. The summed E-state index contributed by atoms with van der Waals surface area (Å²) >= 11 is 4.84. The van der Waals surface area contributed by atoms with E-state index < -0.39 is 10.0 Å². The van der Waals surface area contributed by atoms with Crippen LogP contribution >= 0.6 is 12.2 Å². The molecule has 0 N–H and O–H groups in total. The van der Waals surface area contributed by atoms with Crippen molar-refractivity contribution in [2.24, 2.45) is 0 Å². The molecule has 0 spiro atoms. The lowest BCUT2D eigenvalue weighted by molar-refractivity contribution is 0.361. The first kappa shape index (κ1) is 11.3. The lowest BCUT2D eigenvalue weighted by atomic mass is 10.2. The zero-order valence-electron chi connectivity index (χ0n) is 8.71. The van der Waals surface area contributed by atoms with Gasteiger partial charge in [-0.3, -0.25) is 0 Å². The second-order valence-corrected chi connectivity index (χ2v) is 5.72. The summed E-state index contributed by atoms with van der Waals surface area (Å²) in [5, 5.41) is 0.0283. The molecule has 4 nitrogen and oxygen atoms in total. The molecule has 1 heterocycles. The predicted molar refractivity (Wildman–Crippen MR) is 63.6 cm³/mol. The van der Waals surface area contributed by atoms with Crippen LogP contribution in [-0.2, 0) is 14.8 Å². The van der Waals surface area contributed by atoms with E-state index in [0.717, 1.165) is 9.87 Å². The minimum absolute atomic E-state index is 0.0283. The zero-order valence-corrected chi connectivity index (χ0v) is 10.3. The van der Waals surface area contributed by atoms with Crippen LogP contribution in [0.1, 0.15) is 5.56 Å². The first-order chi connectivity index (χ1) is 7.51. The van der Waals surface area contributed by atoms with Gasteiger partial charge in [-0.2, -0.15) is 0 Å². The fraction of sp³-hybridized carbons (Fsp3) is 0.300. The van der Waals surface area contributed by atoms with Gasteiger partial charge in [-0.1, -0.05) is 17.7 Å². The normalized spacial score (nSPS) is 16.3. The topological polar surface area (TPSA) is 46.6 Å². The van der Waals surface area contributed by atoms with Crippen LogP contribution in [0.2, 0.25) is 0 Å². The van der Waals surface area contributed by atoms with Crippen molar-refractivity contribution in [1.29, 1.82) is 0 Å². The van der Waals surface area contributed by atoms with E-state index in [1.54, 1.807) is 24.3 Å². The fourth-order valence-corrected chi connectivity index (χ4v) is 3.20. The third-order valence-corrected chi connectivity index (χ3v) is 4.58. The van der Waals surface area contributed by atoms with Crippen LogP contribution in [0.3, 0.4) is 0 Å². The molecule has 0 aliphatic carbocycles. The van der Waals surface area contributed by atoms with E-state index in [4.69, 9.17) is 17.0 Å². The summed E-state index contributed by atoms with van der Waals surface area (Å²) in [4.78, 5) is 0.242. The minimum atomic E-state index is -3.54. The molecule has 0 unspecified atom stereocenters. The van der Waals surface area contributed by atoms with Crippen molar-refractivity contribution in [3.63, 3.8) is 0 Å². The summed E-state index contributed by atoms with van der Waals surface area (Å²) in [6.07, 6.45) is 0. The van der Waals surface area contributed by atoms with E-state index in [1.807, 2.05) is 6.92 Å².